The summed E-state index contributed by atoms with van der Waals surface area (Å²) >= 11 is 7.92. The number of fused-ring (bicyclic) bond motifs is 1. The molecule has 0 saturated heterocycles. The second kappa shape index (κ2) is 8.49. The lowest BCUT2D eigenvalue weighted by Crippen LogP contribution is -2.50. The third-order valence-corrected chi connectivity index (χ3v) is 12.8. The molecule has 1 aromatic rings. The van der Waals surface area contributed by atoms with Crippen molar-refractivity contribution in [1.29, 1.82) is 0 Å². The fourth-order valence-corrected chi connectivity index (χ4v) is 10.9. The highest BCUT2D eigenvalue weighted by molar-refractivity contribution is 7.30. The van der Waals surface area contributed by atoms with Crippen molar-refractivity contribution < 1.29 is 0 Å². The van der Waals surface area contributed by atoms with Gasteiger partial charge in [-0.3, -0.25) is 0 Å². The summed E-state index contributed by atoms with van der Waals surface area (Å²) in [5.41, 5.74) is 6.99. The maximum atomic E-state index is 7.92. The van der Waals surface area contributed by atoms with Gasteiger partial charge in [-0.05, 0) is 52.8 Å². The van der Waals surface area contributed by atoms with Gasteiger partial charge in [-0.25, -0.2) is 0 Å². The summed E-state index contributed by atoms with van der Waals surface area (Å²) in [6.45, 7) is 2.25. The maximum absolute atomic E-state index is 7.92. The van der Waals surface area contributed by atoms with Gasteiger partial charge in [-0.1, -0.05) is 109 Å². The first-order valence-corrected chi connectivity index (χ1v) is 14.3. The fraction of sp³-hybridized carbons (Fsp3) is 0.172. The van der Waals surface area contributed by atoms with Gasteiger partial charge >= 0.3 is 0 Å². The zero-order valence-electron chi connectivity index (χ0n) is 17.8. The predicted molar refractivity (Wildman–Crippen MR) is 138 cm³/mol. The summed E-state index contributed by atoms with van der Waals surface area (Å²) in [6, 6.07) is 21.9. The smallest absolute Gasteiger partial charge is 0.159 e. The van der Waals surface area contributed by atoms with Crippen LogP contribution >= 0.6 is 11.1 Å². The van der Waals surface area contributed by atoms with Crippen LogP contribution in [-0.4, -0.2) is 7.38 Å². The normalized spacial score (nSPS) is 17.0. The molecule has 0 spiro atoms. The molecule has 4 aliphatic rings. The van der Waals surface area contributed by atoms with E-state index in [0.717, 1.165) is 12.8 Å². The molecule has 4 aliphatic carbocycles. The fourth-order valence-electron chi connectivity index (χ4n) is 5.18. The molecule has 31 heavy (non-hydrogen) atoms. The van der Waals surface area contributed by atoms with Crippen LogP contribution in [0.3, 0.4) is 0 Å². The molecular formula is C29H27ClSi. The summed E-state index contributed by atoms with van der Waals surface area (Å²) in [5, 5.41) is 1.39. The third kappa shape index (κ3) is 3.56. The summed E-state index contributed by atoms with van der Waals surface area (Å²) < 4.78 is 0. The van der Waals surface area contributed by atoms with Gasteiger partial charge in [0.05, 0.1) is 0 Å². The Morgan fingerprint density at radius 3 is 1.77 bits per heavy atom. The first-order valence-electron chi connectivity index (χ1n) is 11.1. The number of hydrogen-bond acceptors (Lipinski definition) is 0. The molecule has 0 fully saturated rings. The Kier molecular flexibility index (Phi) is 5.56. The molecule has 0 N–H and O–H groups in total. The molecule has 0 aromatic heterocycles. The molecule has 5 rings (SSSR count). The van der Waals surface area contributed by atoms with E-state index in [2.05, 4.69) is 116 Å². The van der Waals surface area contributed by atoms with Gasteiger partial charge in [0, 0.05) is 11.1 Å². The standard InChI is InChI=1S/C29H27ClSi/c1-22-21-28-26(23-13-5-2-6-14-23)19-11-12-20-27(28)29(22)31(30,24-15-7-3-8-16-24)25-17-9-4-10-18-25/h2,5-21,24-25H,3-4H2,1H3. The molecule has 0 nitrogen and oxygen atoms in total. The molecular weight excluding hydrogens is 412 g/mol. The average Bonchev–Trinajstić information content (AvgIpc) is 3.02. The molecule has 1 aromatic carbocycles. The van der Waals surface area contributed by atoms with Crippen LogP contribution in [0.25, 0.3) is 22.3 Å². The lowest BCUT2D eigenvalue weighted by atomic mass is 10.0. The number of rotatable bonds is 4. The largest absolute Gasteiger partial charge is 0.208 e. The number of aryl methyl sites for hydroxylation is 1. The summed E-state index contributed by atoms with van der Waals surface area (Å²) in [6.07, 6.45) is 20.5. The highest BCUT2D eigenvalue weighted by Gasteiger charge is 2.48. The minimum absolute atomic E-state index is 0.273. The zero-order valence-corrected chi connectivity index (χ0v) is 19.6. The number of benzene rings is 1. The second-order valence-electron chi connectivity index (χ2n) is 8.53. The topological polar surface area (TPSA) is 0 Å². The molecule has 0 atom stereocenters. The maximum Gasteiger partial charge on any atom is 0.208 e. The van der Waals surface area contributed by atoms with E-state index in [1.807, 2.05) is 0 Å². The highest BCUT2D eigenvalue weighted by Crippen LogP contribution is 2.46. The Hall–Kier alpha value is -2.61. The number of allylic oxidation sites excluding steroid dienone is 8. The average molecular weight is 439 g/mol. The van der Waals surface area contributed by atoms with Gasteiger partial charge in [-0.2, -0.15) is 11.1 Å². The van der Waals surface area contributed by atoms with Gasteiger partial charge in [0.1, 0.15) is 0 Å². The number of hydrogen-bond donors (Lipinski definition) is 0. The zero-order chi connectivity index (χ0) is 21.3. The van der Waals surface area contributed by atoms with E-state index in [1.165, 1.54) is 33.0 Å². The van der Waals surface area contributed by atoms with Crippen LogP contribution in [0.5, 0.6) is 0 Å². The van der Waals surface area contributed by atoms with Gasteiger partial charge < -0.3 is 0 Å². The molecule has 2 heteroatoms. The molecule has 154 valence electrons. The molecule has 0 unspecified atom stereocenters. The van der Waals surface area contributed by atoms with Crippen molar-refractivity contribution >= 4 is 23.6 Å². The van der Waals surface area contributed by atoms with Crippen molar-refractivity contribution in [3.8, 4) is 22.3 Å². The Morgan fingerprint density at radius 1 is 0.677 bits per heavy atom. The Labute approximate surface area is 191 Å². The van der Waals surface area contributed by atoms with Crippen molar-refractivity contribution in [3.05, 3.63) is 115 Å². The molecule has 0 radical (unpaired) electrons. The van der Waals surface area contributed by atoms with Crippen LogP contribution < -0.4 is 5.19 Å². The van der Waals surface area contributed by atoms with Gasteiger partial charge in [-0.15, -0.1) is 0 Å². The van der Waals surface area contributed by atoms with Gasteiger partial charge in [0.15, 0.2) is 0 Å². The van der Waals surface area contributed by atoms with E-state index >= 15 is 0 Å². The van der Waals surface area contributed by atoms with Crippen LogP contribution in [0.4, 0.5) is 0 Å². The highest BCUT2D eigenvalue weighted by atomic mass is 35.6. The second-order valence-corrected chi connectivity index (χ2v) is 13.8. The summed E-state index contributed by atoms with van der Waals surface area (Å²) in [5.74, 6) is 0. The molecule has 0 aliphatic heterocycles. The quantitative estimate of drug-likeness (QED) is 0.220. The van der Waals surface area contributed by atoms with Crippen molar-refractivity contribution in [3.63, 3.8) is 0 Å². The molecule has 0 amide bonds. The van der Waals surface area contributed by atoms with E-state index < -0.39 is 7.38 Å². The van der Waals surface area contributed by atoms with E-state index in [9.17, 15) is 0 Å². The molecule has 0 bridgehead atoms. The van der Waals surface area contributed by atoms with Crippen LogP contribution in [0.15, 0.2) is 109 Å². The summed E-state index contributed by atoms with van der Waals surface area (Å²) in [7, 11) is -2.52. The Bertz CT molecular complexity index is 1110. The van der Waals surface area contributed by atoms with E-state index in [0.29, 0.717) is 0 Å². The minimum atomic E-state index is -2.52. The van der Waals surface area contributed by atoms with Crippen LogP contribution in [0.2, 0.25) is 11.1 Å². The minimum Gasteiger partial charge on any atom is -0.159 e. The van der Waals surface area contributed by atoms with E-state index in [-0.39, 0.29) is 11.1 Å². The third-order valence-electron chi connectivity index (χ3n) is 6.60. The first-order chi connectivity index (χ1) is 15.2. The van der Waals surface area contributed by atoms with Crippen LogP contribution in [0.1, 0.15) is 18.4 Å². The van der Waals surface area contributed by atoms with Crippen LogP contribution in [0, 0.1) is 6.92 Å². The van der Waals surface area contributed by atoms with Gasteiger partial charge in [0.25, 0.3) is 0 Å². The SMILES string of the molecule is Cc1cc2c(-c3ccccc3)ccccc-2c1[Si](Cl)(C1C=CCC=C1)C1C=CCC=C1. The van der Waals surface area contributed by atoms with Crippen molar-refractivity contribution in [1.82, 2.24) is 0 Å². The lowest BCUT2D eigenvalue weighted by Gasteiger charge is -2.37. The number of halogens is 1. The Balaban J connectivity index is 1.74. The van der Waals surface area contributed by atoms with Crippen molar-refractivity contribution in [2.75, 3.05) is 0 Å². The summed E-state index contributed by atoms with van der Waals surface area (Å²) in [4.78, 5) is 0. The molecule has 0 saturated carbocycles. The molecule has 0 heterocycles. The predicted octanol–water partition coefficient (Wildman–Crippen LogP) is 7.93. The lowest BCUT2D eigenvalue weighted by molar-refractivity contribution is 1.12. The first kappa shape index (κ1) is 20.3. The van der Waals surface area contributed by atoms with E-state index in [4.69, 9.17) is 11.1 Å². The van der Waals surface area contributed by atoms with Gasteiger partial charge in [0.2, 0.25) is 7.38 Å². The monoisotopic (exact) mass is 438 g/mol. The van der Waals surface area contributed by atoms with Crippen LogP contribution in [-0.2, 0) is 0 Å². The van der Waals surface area contributed by atoms with Crippen molar-refractivity contribution in [2.45, 2.75) is 30.8 Å². The van der Waals surface area contributed by atoms with E-state index in [1.54, 1.807) is 0 Å². The van der Waals surface area contributed by atoms with Crippen molar-refractivity contribution in [2.24, 2.45) is 0 Å². The Morgan fingerprint density at radius 2 is 1.19 bits per heavy atom.